The summed E-state index contributed by atoms with van der Waals surface area (Å²) < 4.78 is 5.59. The molecule has 1 aromatic rings. The number of nitrogens with one attached hydrogen (secondary N) is 2. The number of aliphatic hydroxyl groups excluding tert-OH is 1. The van der Waals surface area contributed by atoms with E-state index in [1.165, 1.54) is 0 Å². The van der Waals surface area contributed by atoms with Crippen molar-refractivity contribution >= 4 is 17.7 Å². The van der Waals surface area contributed by atoms with E-state index >= 15 is 0 Å². The number of amides is 3. The molecule has 132 valence electrons. The van der Waals surface area contributed by atoms with Gasteiger partial charge in [0.05, 0.1) is 19.8 Å². The number of hydrogen-bond acceptors (Lipinski definition) is 5. The molecule has 1 fully saturated rings. The van der Waals surface area contributed by atoms with Crippen molar-refractivity contribution in [3.8, 4) is 0 Å². The van der Waals surface area contributed by atoms with Gasteiger partial charge in [-0.05, 0) is 12.0 Å². The Morgan fingerprint density at radius 3 is 2.54 bits per heavy atom. The number of carbonyl (C=O) groups excluding carboxylic acids is 3. The Bertz CT molecular complexity index is 564. The molecule has 0 radical (unpaired) electrons. The Labute approximate surface area is 140 Å². The van der Waals surface area contributed by atoms with E-state index in [9.17, 15) is 14.4 Å². The van der Waals surface area contributed by atoms with E-state index in [0.29, 0.717) is 13.0 Å². The fraction of sp³-hybridized carbons (Fsp3) is 0.438. The van der Waals surface area contributed by atoms with Gasteiger partial charge in [-0.25, -0.2) is 0 Å². The maximum absolute atomic E-state index is 12.2. The van der Waals surface area contributed by atoms with Gasteiger partial charge in [0.15, 0.2) is 0 Å². The van der Waals surface area contributed by atoms with Gasteiger partial charge in [0.1, 0.15) is 5.54 Å². The third-order valence-corrected chi connectivity index (χ3v) is 3.48. The molecular formula is C16H23N3O5. The zero-order valence-corrected chi connectivity index (χ0v) is 13.6. The van der Waals surface area contributed by atoms with Gasteiger partial charge in [0.2, 0.25) is 17.7 Å². The van der Waals surface area contributed by atoms with Crippen LogP contribution in [-0.2, 0) is 25.7 Å². The van der Waals surface area contributed by atoms with E-state index in [2.05, 4.69) is 10.6 Å². The predicted molar refractivity (Wildman–Crippen MR) is 86.6 cm³/mol. The Balaban J connectivity index is 0.00000139. The maximum Gasteiger partial charge on any atom is 0.248 e. The summed E-state index contributed by atoms with van der Waals surface area (Å²) in [7, 11) is 1.00. The lowest BCUT2D eigenvalue weighted by atomic mass is 9.97. The summed E-state index contributed by atoms with van der Waals surface area (Å²) in [5.74, 6) is -1.30. The molecular weight excluding hydrogens is 314 g/mol. The second kappa shape index (κ2) is 9.64. The van der Waals surface area contributed by atoms with E-state index in [1.807, 2.05) is 30.3 Å². The Kier molecular flexibility index (Phi) is 7.87. The van der Waals surface area contributed by atoms with Gasteiger partial charge in [-0.1, -0.05) is 30.3 Å². The van der Waals surface area contributed by atoms with Crippen LogP contribution >= 0.6 is 0 Å². The fourth-order valence-electron chi connectivity index (χ4n) is 2.32. The summed E-state index contributed by atoms with van der Waals surface area (Å²) in [5, 5.41) is 12.1. The van der Waals surface area contributed by atoms with Crippen LogP contribution in [0.15, 0.2) is 30.3 Å². The fourth-order valence-corrected chi connectivity index (χ4v) is 2.32. The summed E-state index contributed by atoms with van der Waals surface area (Å²) in [4.78, 5) is 34.5. The van der Waals surface area contributed by atoms with Crippen LogP contribution in [0.25, 0.3) is 0 Å². The summed E-state index contributed by atoms with van der Waals surface area (Å²) in [6.07, 6.45) is 0.573. The third kappa shape index (κ3) is 5.64. The second-order valence-electron chi connectivity index (χ2n) is 5.26. The van der Waals surface area contributed by atoms with Crippen LogP contribution < -0.4 is 16.4 Å². The van der Waals surface area contributed by atoms with Gasteiger partial charge in [-0.3, -0.25) is 14.4 Å². The van der Waals surface area contributed by atoms with Gasteiger partial charge < -0.3 is 26.2 Å². The highest BCUT2D eigenvalue weighted by Gasteiger charge is 2.44. The van der Waals surface area contributed by atoms with Crippen molar-refractivity contribution in [2.75, 3.05) is 20.3 Å². The highest BCUT2D eigenvalue weighted by atomic mass is 16.5. The molecule has 1 saturated heterocycles. The number of benzene rings is 1. The number of carbonyl (C=O) groups is 3. The largest absolute Gasteiger partial charge is 0.400 e. The molecule has 1 atom stereocenters. The van der Waals surface area contributed by atoms with Crippen LogP contribution in [-0.4, -0.2) is 48.6 Å². The van der Waals surface area contributed by atoms with Gasteiger partial charge >= 0.3 is 0 Å². The van der Waals surface area contributed by atoms with Crippen LogP contribution in [0.3, 0.4) is 0 Å². The van der Waals surface area contributed by atoms with Crippen molar-refractivity contribution in [3.63, 3.8) is 0 Å². The number of aliphatic hydroxyl groups is 1. The molecule has 1 aromatic carbocycles. The van der Waals surface area contributed by atoms with Gasteiger partial charge in [0, 0.05) is 13.5 Å². The summed E-state index contributed by atoms with van der Waals surface area (Å²) in [6.45, 7) is 0.106. The molecule has 1 heterocycles. The zero-order chi connectivity index (χ0) is 18.0. The lowest BCUT2D eigenvalue weighted by Gasteiger charge is -2.27. The van der Waals surface area contributed by atoms with E-state index in [0.717, 1.165) is 12.7 Å². The molecule has 0 saturated carbocycles. The highest BCUT2D eigenvalue weighted by molar-refractivity contribution is 5.96. The quantitative estimate of drug-likeness (QED) is 0.510. The molecule has 24 heavy (non-hydrogen) atoms. The van der Waals surface area contributed by atoms with Crippen molar-refractivity contribution in [2.45, 2.75) is 25.0 Å². The molecule has 2 rings (SSSR count). The van der Waals surface area contributed by atoms with Crippen LogP contribution in [0.5, 0.6) is 0 Å². The Morgan fingerprint density at radius 1 is 1.33 bits per heavy atom. The average molecular weight is 337 g/mol. The maximum atomic E-state index is 12.2. The average Bonchev–Trinajstić information content (AvgIpc) is 2.98. The molecule has 0 aromatic heterocycles. The first-order chi connectivity index (χ1) is 11.5. The first-order valence-corrected chi connectivity index (χ1v) is 7.46. The summed E-state index contributed by atoms with van der Waals surface area (Å²) in [5.41, 5.74) is 4.85. The van der Waals surface area contributed by atoms with Crippen LogP contribution in [0.2, 0.25) is 0 Å². The summed E-state index contributed by atoms with van der Waals surface area (Å²) in [6, 6.07) is 9.51. The number of rotatable bonds is 7. The molecule has 1 aliphatic heterocycles. The normalized spacial score (nSPS) is 19.0. The molecule has 8 heteroatoms. The second-order valence-corrected chi connectivity index (χ2v) is 5.26. The third-order valence-electron chi connectivity index (χ3n) is 3.48. The lowest BCUT2D eigenvalue weighted by molar-refractivity contribution is -0.133. The Morgan fingerprint density at radius 2 is 2.00 bits per heavy atom. The molecule has 1 unspecified atom stereocenters. The minimum Gasteiger partial charge on any atom is -0.400 e. The molecule has 0 spiro atoms. The van der Waals surface area contributed by atoms with E-state index < -0.39 is 17.4 Å². The van der Waals surface area contributed by atoms with Crippen molar-refractivity contribution in [2.24, 2.45) is 5.73 Å². The van der Waals surface area contributed by atoms with Crippen molar-refractivity contribution in [1.82, 2.24) is 10.6 Å². The smallest absolute Gasteiger partial charge is 0.248 e. The van der Waals surface area contributed by atoms with Crippen molar-refractivity contribution in [1.29, 1.82) is 0 Å². The monoisotopic (exact) mass is 337 g/mol. The minimum absolute atomic E-state index is 0.0399. The van der Waals surface area contributed by atoms with Crippen molar-refractivity contribution in [3.05, 3.63) is 35.9 Å². The molecule has 8 nitrogen and oxygen atoms in total. The van der Waals surface area contributed by atoms with Gasteiger partial charge in [-0.15, -0.1) is 0 Å². The number of hydrogen-bond donors (Lipinski definition) is 4. The van der Waals surface area contributed by atoms with Crippen molar-refractivity contribution < 1.29 is 24.2 Å². The van der Waals surface area contributed by atoms with E-state index in [-0.39, 0.29) is 25.5 Å². The number of primary amides is 1. The van der Waals surface area contributed by atoms with Crippen LogP contribution in [0, 0.1) is 0 Å². The SMILES string of the molecule is CO.NC(=O)CNC(=O)C1(COCc2ccccc2)CCC(=O)N1. The topological polar surface area (TPSA) is 131 Å². The number of ether oxygens (including phenoxy) is 1. The zero-order valence-electron chi connectivity index (χ0n) is 13.6. The van der Waals surface area contributed by atoms with Crippen LogP contribution in [0.4, 0.5) is 0 Å². The first-order valence-electron chi connectivity index (χ1n) is 7.46. The van der Waals surface area contributed by atoms with E-state index in [4.69, 9.17) is 15.6 Å². The highest BCUT2D eigenvalue weighted by Crippen LogP contribution is 2.21. The Hall–Kier alpha value is -2.45. The predicted octanol–water partition coefficient (Wildman–Crippen LogP) is -0.938. The van der Waals surface area contributed by atoms with Crippen LogP contribution in [0.1, 0.15) is 18.4 Å². The molecule has 0 aliphatic carbocycles. The number of nitrogens with two attached hydrogens (primary N) is 1. The molecule has 3 amide bonds. The lowest BCUT2D eigenvalue weighted by Crippen LogP contribution is -2.58. The standard InChI is InChI=1S/C15H19N3O4.CH4O/c16-12(19)8-17-14(21)15(7-6-13(20)18-15)10-22-9-11-4-2-1-3-5-11;1-2/h1-5H,6-10H2,(H2,16,19)(H,17,21)(H,18,20);2H,1H3. The molecule has 1 aliphatic rings. The summed E-state index contributed by atoms with van der Waals surface area (Å²) >= 11 is 0. The minimum atomic E-state index is -1.14. The van der Waals surface area contributed by atoms with Gasteiger partial charge in [-0.2, -0.15) is 0 Å². The first kappa shape index (κ1) is 19.6. The molecule has 5 N–H and O–H groups in total. The van der Waals surface area contributed by atoms with E-state index in [1.54, 1.807) is 0 Å². The molecule has 0 bridgehead atoms. The van der Waals surface area contributed by atoms with Gasteiger partial charge in [0.25, 0.3) is 0 Å².